The molecule has 0 saturated carbocycles. The summed E-state index contributed by atoms with van der Waals surface area (Å²) in [6.45, 7) is 0. The molecule has 0 spiro atoms. The number of benzene rings is 5. The molecule has 0 amide bonds. The molecule has 2 heteroatoms. The van der Waals surface area contributed by atoms with Gasteiger partial charge in [0.2, 0.25) is 0 Å². The Morgan fingerprint density at radius 1 is 0.394 bits per heavy atom. The number of carbonyl (C=O) groups is 1. The highest BCUT2D eigenvalue weighted by molar-refractivity contribution is 6.22. The molecule has 0 heterocycles. The molecule has 0 N–H and O–H groups in total. The Bertz CT molecular complexity index is 1450. The van der Waals surface area contributed by atoms with Gasteiger partial charge in [0.1, 0.15) is 0 Å². The smallest absolute Gasteiger partial charge is 0.194 e. The number of rotatable bonds is 4. The summed E-state index contributed by atoms with van der Waals surface area (Å²) in [5.41, 5.74) is 8.99. The Balaban J connectivity index is 1.45. The largest absolute Gasteiger partial charge is 0.310 e. The second kappa shape index (κ2) is 7.92. The molecule has 2 nitrogen and oxygen atoms in total. The first-order valence-corrected chi connectivity index (χ1v) is 11.1. The fraction of sp³-hybridized carbons (Fsp3) is 0. The van der Waals surface area contributed by atoms with Crippen LogP contribution >= 0.6 is 0 Å². The van der Waals surface area contributed by atoms with Gasteiger partial charge in [-0.1, -0.05) is 91.0 Å². The number of para-hydroxylation sites is 1. The number of hydrogen-bond donors (Lipinski definition) is 0. The average molecular weight is 424 g/mol. The summed E-state index contributed by atoms with van der Waals surface area (Å²) < 4.78 is 0. The molecule has 33 heavy (non-hydrogen) atoms. The average Bonchev–Trinajstić information content (AvgIpc) is 3.17. The number of anilines is 3. The van der Waals surface area contributed by atoms with Crippen molar-refractivity contribution in [3.05, 3.63) is 139 Å². The Labute approximate surface area is 193 Å². The number of hydrogen-bond acceptors (Lipinski definition) is 2. The van der Waals surface area contributed by atoms with E-state index in [1.54, 1.807) is 0 Å². The van der Waals surface area contributed by atoms with Crippen LogP contribution in [0.1, 0.15) is 15.9 Å². The maximum absolute atomic E-state index is 13.1. The first kappa shape index (κ1) is 19.3. The van der Waals surface area contributed by atoms with Gasteiger partial charge in [0.25, 0.3) is 0 Å². The fourth-order valence-electron chi connectivity index (χ4n) is 4.61. The van der Waals surface area contributed by atoms with E-state index in [2.05, 4.69) is 77.7 Å². The van der Waals surface area contributed by atoms with Crippen molar-refractivity contribution in [2.75, 3.05) is 4.90 Å². The third-order valence-electron chi connectivity index (χ3n) is 6.21. The molecule has 6 rings (SSSR count). The number of carbonyl (C=O) groups excluding carboxylic acids is 1. The van der Waals surface area contributed by atoms with Crippen LogP contribution in [0.4, 0.5) is 17.1 Å². The zero-order valence-electron chi connectivity index (χ0n) is 18.0. The van der Waals surface area contributed by atoms with Crippen molar-refractivity contribution in [1.82, 2.24) is 0 Å². The van der Waals surface area contributed by atoms with Crippen LogP contribution < -0.4 is 4.90 Å². The van der Waals surface area contributed by atoms with Crippen molar-refractivity contribution in [3.63, 3.8) is 0 Å². The summed E-state index contributed by atoms with van der Waals surface area (Å²) in [6, 6.07) is 43.3. The van der Waals surface area contributed by atoms with Gasteiger partial charge < -0.3 is 4.90 Å². The van der Waals surface area contributed by atoms with E-state index in [1.165, 1.54) is 11.1 Å². The first-order valence-electron chi connectivity index (χ1n) is 11.1. The van der Waals surface area contributed by atoms with E-state index in [1.807, 2.05) is 54.6 Å². The quantitative estimate of drug-likeness (QED) is 0.286. The van der Waals surface area contributed by atoms with Crippen LogP contribution in [0.25, 0.3) is 22.3 Å². The summed E-state index contributed by atoms with van der Waals surface area (Å²) in [5, 5.41) is 0. The summed E-state index contributed by atoms with van der Waals surface area (Å²) in [4.78, 5) is 15.3. The highest BCUT2D eigenvalue weighted by Gasteiger charge is 2.27. The number of nitrogens with zero attached hydrogens (tertiary/aromatic N) is 1. The van der Waals surface area contributed by atoms with Crippen LogP contribution in [-0.4, -0.2) is 5.78 Å². The highest BCUT2D eigenvalue weighted by Crippen LogP contribution is 2.41. The van der Waals surface area contributed by atoms with E-state index in [4.69, 9.17) is 0 Å². The van der Waals surface area contributed by atoms with Crippen LogP contribution in [-0.2, 0) is 0 Å². The zero-order valence-corrected chi connectivity index (χ0v) is 18.0. The lowest BCUT2D eigenvalue weighted by molar-refractivity contribution is 0.104. The van der Waals surface area contributed by atoms with E-state index in [-0.39, 0.29) is 5.78 Å². The summed E-state index contributed by atoms with van der Waals surface area (Å²) >= 11 is 0. The van der Waals surface area contributed by atoms with Crippen LogP contribution in [0, 0.1) is 0 Å². The summed E-state index contributed by atoms with van der Waals surface area (Å²) in [6.07, 6.45) is 0. The van der Waals surface area contributed by atoms with Crippen molar-refractivity contribution in [1.29, 1.82) is 0 Å². The molecule has 1 aliphatic carbocycles. The molecular weight excluding hydrogens is 402 g/mol. The molecule has 0 bridgehead atoms. The van der Waals surface area contributed by atoms with Gasteiger partial charge in [0, 0.05) is 28.2 Å². The molecule has 5 aromatic carbocycles. The number of fused-ring (bicyclic) bond motifs is 3. The van der Waals surface area contributed by atoms with Crippen molar-refractivity contribution in [2.24, 2.45) is 0 Å². The van der Waals surface area contributed by atoms with Crippen molar-refractivity contribution < 1.29 is 4.79 Å². The Morgan fingerprint density at radius 3 is 1.64 bits per heavy atom. The second-order valence-electron chi connectivity index (χ2n) is 8.19. The van der Waals surface area contributed by atoms with Gasteiger partial charge >= 0.3 is 0 Å². The molecule has 1 aliphatic rings. The van der Waals surface area contributed by atoms with E-state index in [0.29, 0.717) is 0 Å². The van der Waals surface area contributed by atoms with Gasteiger partial charge in [-0.2, -0.15) is 0 Å². The minimum Gasteiger partial charge on any atom is -0.310 e. The topological polar surface area (TPSA) is 20.3 Å². The third kappa shape index (κ3) is 3.33. The molecule has 5 aromatic rings. The monoisotopic (exact) mass is 423 g/mol. The third-order valence-corrected chi connectivity index (χ3v) is 6.21. The van der Waals surface area contributed by atoms with Gasteiger partial charge in [0.05, 0.1) is 0 Å². The molecular formula is C31H21NO. The minimum atomic E-state index is 0.0925. The molecule has 0 unspecified atom stereocenters. The van der Waals surface area contributed by atoms with Crippen molar-refractivity contribution >= 4 is 22.8 Å². The lowest BCUT2D eigenvalue weighted by Crippen LogP contribution is -2.10. The molecule has 0 aliphatic heterocycles. The van der Waals surface area contributed by atoms with Crippen LogP contribution in [0.15, 0.2) is 127 Å². The number of ketones is 1. The van der Waals surface area contributed by atoms with E-state index in [9.17, 15) is 4.79 Å². The van der Waals surface area contributed by atoms with Crippen molar-refractivity contribution in [2.45, 2.75) is 0 Å². The highest BCUT2D eigenvalue weighted by atomic mass is 16.1. The van der Waals surface area contributed by atoms with Gasteiger partial charge in [-0.3, -0.25) is 4.79 Å². The van der Waals surface area contributed by atoms with Gasteiger partial charge in [-0.15, -0.1) is 0 Å². The molecule has 0 radical (unpaired) electrons. The minimum absolute atomic E-state index is 0.0925. The predicted molar refractivity (Wildman–Crippen MR) is 135 cm³/mol. The maximum atomic E-state index is 13.1. The van der Waals surface area contributed by atoms with Gasteiger partial charge in [-0.25, -0.2) is 0 Å². The molecule has 0 aromatic heterocycles. The lowest BCUT2D eigenvalue weighted by atomic mass is 10.0. The molecule has 0 fully saturated rings. The first-order chi connectivity index (χ1) is 16.3. The van der Waals surface area contributed by atoms with Crippen LogP contribution in [0.2, 0.25) is 0 Å². The predicted octanol–water partition coefficient (Wildman–Crippen LogP) is 8.03. The zero-order chi connectivity index (χ0) is 22.2. The van der Waals surface area contributed by atoms with E-state index < -0.39 is 0 Å². The Kier molecular flexibility index (Phi) is 4.63. The van der Waals surface area contributed by atoms with Gasteiger partial charge in [-0.05, 0) is 58.7 Å². The normalized spacial score (nSPS) is 11.7. The standard InChI is InChI=1S/C31H21NO/c33-31-29-14-8-7-13-27(29)28-20-19-26(21-30(28)31)32(24-11-5-2-6-12-24)25-17-15-23(16-18-25)22-9-3-1-4-10-22/h1-21H. The van der Waals surface area contributed by atoms with Crippen LogP contribution in [0.5, 0.6) is 0 Å². The maximum Gasteiger partial charge on any atom is 0.194 e. The van der Waals surface area contributed by atoms with Crippen LogP contribution in [0.3, 0.4) is 0 Å². The molecule has 156 valence electrons. The van der Waals surface area contributed by atoms with Crippen molar-refractivity contribution in [3.8, 4) is 22.3 Å². The second-order valence-corrected chi connectivity index (χ2v) is 8.19. The Hall–Kier alpha value is -4.43. The molecule has 0 saturated heterocycles. The van der Waals surface area contributed by atoms with E-state index in [0.717, 1.165) is 39.3 Å². The Morgan fingerprint density at radius 2 is 0.909 bits per heavy atom. The summed E-state index contributed by atoms with van der Waals surface area (Å²) in [7, 11) is 0. The fourth-order valence-corrected chi connectivity index (χ4v) is 4.61. The van der Waals surface area contributed by atoms with Gasteiger partial charge in [0.15, 0.2) is 5.78 Å². The molecule has 0 atom stereocenters. The van der Waals surface area contributed by atoms with E-state index >= 15 is 0 Å². The lowest BCUT2D eigenvalue weighted by Gasteiger charge is -2.26. The summed E-state index contributed by atoms with van der Waals surface area (Å²) in [5.74, 6) is 0.0925. The SMILES string of the molecule is O=C1c2ccccc2-c2ccc(N(c3ccccc3)c3ccc(-c4ccccc4)cc3)cc21.